The van der Waals surface area contributed by atoms with Gasteiger partial charge >= 0.3 is 0 Å². The van der Waals surface area contributed by atoms with Gasteiger partial charge in [0.05, 0.1) is 0 Å². The average molecular weight is 388 g/mol. The van der Waals surface area contributed by atoms with Crippen molar-refractivity contribution in [3.8, 4) is 0 Å². The number of benzene rings is 1. The number of likely N-dealkylation sites (N-methyl/N-ethyl adjacent to an activating group) is 1. The van der Waals surface area contributed by atoms with Gasteiger partial charge in [-0.1, -0.05) is 19.3 Å². The fourth-order valence-corrected chi connectivity index (χ4v) is 3.56. The minimum absolute atomic E-state index is 0.0246. The number of aromatic nitrogens is 1. The van der Waals surface area contributed by atoms with Crippen LogP contribution in [0.25, 0.3) is 10.9 Å². The molecule has 1 aromatic carbocycles. The van der Waals surface area contributed by atoms with Crippen molar-refractivity contribution in [2.24, 2.45) is 4.99 Å². The zero-order chi connectivity index (χ0) is 19.9. The lowest BCUT2D eigenvalue weighted by atomic mass is 9.96. The van der Waals surface area contributed by atoms with Gasteiger partial charge < -0.3 is 20.5 Å². The van der Waals surface area contributed by atoms with Gasteiger partial charge in [0, 0.05) is 43.8 Å². The van der Waals surface area contributed by atoms with Crippen molar-refractivity contribution in [1.29, 1.82) is 0 Å². The van der Waals surface area contributed by atoms with Gasteiger partial charge in [0.25, 0.3) is 0 Å². The SMILES string of the molecule is CN(C)C(=O)CN=C(NCCc1c[nH]c2cc(F)ccc12)NC1CCCCC1. The van der Waals surface area contributed by atoms with Crippen molar-refractivity contribution >= 4 is 22.8 Å². The monoisotopic (exact) mass is 387 g/mol. The molecule has 152 valence electrons. The maximum absolute atomic E-state index is 13.3. The molecule has 28 heavy (non-hydrogen) atoms. The van der Waals surface area contributed by atoms with Crippen LogP contribution in [0.3, 0.4) is 0 Å². The molecule has 1 aliphatic carbocycles. The maximum atomic E-state index is 13.3. The van der Waals surface area contributed by atoms with E-state index in [1.165, 1.54) is 31.4 Å². The lowest BCUT2D eigenvalue weighted by molar-refractivity contribution is -0.127. The highest BCUT2D eigenvalue weighted by atomic mass is 19.1. The number of halogens is 1. The van der Waals surface area contributed by atoms with E-state index in [0.717, 1.165) is 35.7 Å². The first kappa shape index (κ1) is 20.2. The van der Waals surface area contributed by atoms with Gasteiger partial charge in [-0.15, -0.1) is 0 Å². The Morgan fingerprint density at radius 3 is 2.82 bits per heavy atom. The Balaban J connectivity index is 1.60. The summed E-state index contributed by atoms with van der Waals surface area (Å²) in [5.74, 6) is 0.423. The molecule has 0 atom stereocenters. The van der Waals surface area contributed by atoms with Crippen LogP contribution in [0, 0.1) is 5.82 Å². The molecular weight excluding hydrogens is 357 g/mol. The summed E-state index contributed by atoms with van der Waals surface area (Å²) >= 11 is 0. The summed E-state index contributed by atoms with van der Waals surface area (Å²) in [6, 6.07) is 5.21. The zero-order valence-corrected chi connectivity index (χ0v) is 16.7. The van der Waals surface area contributed by atoms with Gasteiger partial charge in [-0.2, -0.15) is 0 Å². The molecular formula is C21H30FN5O. The Labute approximate surface area is 165 Å². The molecule has 1 aliphatic rings. The van der Waals surface area contributed by atoms with Gasteiger partial charge in [0.1, 0.15) is 12.4 Å². The highest BCUT2D eigenvalue weighted by Gasteiger charge is 2.15. The fourth-order valence-electron chi connectivity index (χ4n) is 3.56. The number of carbonyl (C=O) groups excluding carboxylic acids is 1. The molecule has 1 heterocycles. The van der Waals surface area contributed by atoms with Crippen LogP contribution >= 0.6 is 0 Å². The molecule has 1 saturated carbocycles. The molecule has 0 aliphatic heterocycles. The first-order chi connectivity index (χ1) is 13.5. The smallest absolute Gasteiger partial charge is 0.243 e. The number of hydrogen-bond donors (Lipinski definition) is 3. The average Bonchev–Trinajstić information content (AvgIpc) is 3.08. The number of aromatic amines is 1. The van der Waals surface area contributed by atoms with Crippen LogP contribution in [0.4, 0.5) is 4.39 Å². The van der Waals surface area contributed by atoms with Gasteiger partial charge in [0.15, 0.2) is 5.96 Å². The Morgan fingerprint density at radius 1 is 1.29 bits per heavy atom. The molecule has 0 bridgehead atoms. The van der Waals surface area contributed by atoms with E-state index in [1.54, 1.807) is 19.0 Å². The van der Waals surface area contributed by atoms with Crippen LogP contribution in [0.1, 0.15) is 37.7 Å². The van der Waals surface area contributed by atoms with Gasteiger partial charge in [-0.05, 0) is 43.0 Å². The number of guanidine groups is 1. The van der Waals surface area contributed by atoms with E-state index in [9.17, 15) is 9.18 Å². The standard InChI is InChI=1S/C21H30FN5O/c1-27(2)20(28)14-25-21(26-17-6-4-3-5-7-17)23-11-10-15-13-24-19-12-16(22)8-9-18(15)19/h8-9,12-13,17,24H,3-7,10-11,14H2,1-2H3,(H2,23,25,26). The van der Waals surface area contributed by atoms with E-state index in [2.05, 4.69) is 20.6 Å². The van der Waals surface area contributed by atoms with Crippen LogP contribution in [-0.4, -0.2) is 55.0 Å². The van der Waals surface area contributed by atoms with Crippen LogP contribution in [-0.2, 0) is 11.2 Å². The third kappa shape index (κ3) is 5.47. The van der Waals surface area contributed by atoms with Crippen molar-refractivity contribution in [1.82, 2.24) is 20.5 Å². The van der Waals surface area contributed by atoms with E-state index in [1.807, 2.05) is 12.3 Å². The van der Waals surface area contributed by atoms with E-state index in [0.29, 0.717) is 18.5 Å². The molecule has 1 aromatic heterocycles. The third-order valence-electron chi connectivity index (χ3n) is 5.23. The molecule has 0 spiro atoms. The second-order valence-corrected chi connectivity index (χ2v) is 7.61. The first-order valence-corrected chi connectivity index (χ1v) is 10.0. The van der Waals surface area contributed by atoms with Crippen molar-refractivity contribution in [2.45, 2.75) is 44.6 Å². The van der Waals surface area contributed by atoms with E-state index in [4.69, 9.17) is 0 Å². The van der Waals surface area contributed by atoms with Crippen molar-refractivity contribution < 1.29 is 9.18 Å². The summed E-state index contributed by atoms with van der Waals surface area (Å²) in [6.45, 7) is 0.806. The summed E-state index contributed by atoms with van der Waals surface area (Å²) in [4.78, 5) is 21.1. The summed E-state index contributed by atoms with van der Waals surface area (Å²) < 4.78 is 13.3. The lowest BCUT2D eigenvalue weighted by Gasteiger charge is -2.25. The Morgan fingerprint density at radius 2 is 2.07 bits per heavy atom. The van der Waals surface area contributed by atoms with E-state index >= 15 is 0 Å². The van der Waals surface area contributed by atoms with Crippen molar-refractivity contribution in [2.75, 3.05) is 27.2 Å². The number of rotatable bonds is 6. The minimum atomic E-state index is -0.240. The van der Waals surface area contributed by atoms with Crippen LogP contribution in [0.2, 0.25) is 0 Å². The van der Waals surface area contributed by atoms with E-state index < -0.39 is 0 Å². The molecule has 6 nitrogen and oxygen atoms in total. The largest absolute Gasteiger partial charge is 0.361 e. The topological polar surface area (TPSA) is 72.5 Å². The highest BCUT2D eigenvalue weighted by molar-refractivity contribution is 5.85. The van der Waals surface area contributed by atoms with Crippen LogP contribution in [0.15, 0.2) is 29.4 Å². The Hall–Kier alpha value is -2.57. The van der Waals surface area contributed by atoms with Gasteiger partial charge in [-0.3, -0.25) is 4.79 Å². The quantitative estimate of drug-likeness (QED) is 0.527. The summed E-state index contributed by atoms with van der Waals surface area (Å²) in [7, 11) is 3.47. The number of aliphatic imine (C=N–C) groups is 1. The summed E-state index contributed by atoms with van der Waals surface area (Å²) in [5, 5.41) is 7.87. The van der Waals surface area contributed by atoms with E-state index in [-0.39, 0.29) is 18.3 Å². The molecule has 7 heteroatoms. The second-order valence-electron chi connectivity index (χ2n) is 7.61. The number of hydrogen-bond acceptors (Lipinski definition) is 2. The predicted molar refractivity (Wildman–Crippen MR) is 111 cm³/mol. The van der Waals surface area contributed by atoms with Crippen molar-refractivity contribution in [3.63, 3.8) is 0 Å². The molecule has 2 aromatic rings. The number of nitrogens with zero attached hydrogens (tertiary/aromatic N) is 2. The highest BCUT2D eigenvalue weighted by Crippen LogP contribution is 2.19. The zero-order valence-electron chi connectivity index (χ0n) is 16.7. The van der Waals surface area contributed by atoms with Gasteiger partial charge in [-0.25, -0.2) is 9.38 Å². The third-order valence-corrected chi connectivity index (χ3v) is 5.23. The molecule has 0 saturated heterocycles. The number of H-pyrrole nitrogens is 1. The van der Waals surface area contributed by atoms with Crippen molar-refractivity contribution in [3.05, 3.63) is 35.8 Å². The van der Waals surface area contributed by atoms with Gasteiger partial charge in [0.2, 0.25) is 5.91 Å². The molecule has 0 unspecified atom stereocenters. The molecule has 1 fully saturated rings. The Bertz CT molecular complexity index is 823. The van der Waals surface area contributed by atoms with Crippen LogP contribution in [0.5, 0.6) is 0 Å². The lowest BCUT2D eigenvalue weighted by Crippen LogP contribution is -2.45. The minimum Gasteiger partial charge on any atom is -0.361 e. The number of carbonyl (C=O) groups is 1. The first-order valence-electron chi connectivity index (χ1n) is 10.0. The second kappa shape index (κ2) is 9.57. The number of nitrogens with one attached hydrogen (secondary N) is 3. The predicted octanol–water partition coefficient (Wildman–Crippen LogP) is 2.81. The molecule has 0 radical (unpaired) electrons. The number of fused-ring (bicyclic) bond motifs is 1. The van der Waals surface area contributed by atoms with Crippen LogP contribution < -0.4 is 10.6 Å². The molecule has 3 rings (SSSR count). The Kier molecular flexibility index (Phi) is 6.90. The number of amides is 1. The normalized spacial score (nSPS) is 15.6. The maximum Gasteiger partial charge on any atom is 0.243 e. The summed E-state index contributed by atoms with van der Waals surface area (Å²) in [5.41, 5.74) is 1.93. The summed E-state index contributed by atoms with van der Waals surface area (Å²) in [6.07, 6.45) is 8.72. The molecule has 1 amide bonds. The molecule has 3 N–H and O–H groups in total. The fraction of sp³-hybridized carbons (Fsp3) is 0.524.